The highest BCUT2D eigenvalue weighted by atomic mass is 32.1. The lowest BCUT2D eigenvalue weighted by Gasteiger charge is -2.52. The second kappa shape index (κ2) is 8.45. The van der Waals surface area contributed by atoms with Gasteiger partial charge in [-0.1, -0.05) is 11.3 Å². The number of carboxylic acid groups (broad SMARTS) is 1. The molecule has 2 fully saturated rings. The van der Waals surface area contributed by atoms with Gasteiger partial charge in [0.15, 0.2) is 0 Å². The highest BCUT2D eigenvalue weighted by molar-refractivity contribution is 7.15. The highest BCUT2D eigenvalue weighted by Crippen LogP contribution is 2.38. The predicted octanol–water partition coefficient (Wildman–Crippen LogP) is 2.09. The minimum Gasteiger partial charge on any atom is -0.475 e. The first kappa shape index (κ1) is 21.2. The van der Waals surface area contributed by atoms with Crippen molar-refractivity contribution in [2.24, 2.45) is 0 Å². The lowest BCUT2D eigenvalue weighted by atomic mass is 9.85. The van der Waals surface area contributed by atoms with E-state index in [2.05, 4.69) is 25.1 Å². The number of rotatable bonds is 3. The molecule has 1 N–H and O–H groups in total. The van der Waals surface area contributed by atoms with Crippen molar-refractivity contribution in [3.8, 4) is 5.88 Å². The van der Waals surface area contributed by atoms with Gasteiger partial charge in [-0.3, -0.25) is 4.98 Å². The van der Waals surface area contributed by atoms with Crippen molar-refractivity contribution in [1.82, 2.24) is 20.2 Å². The topological polar surface area (TPSA) is 111 Å². The summed E-state index contributed by atoms with van der Waals surface area (Å²) in [5, 5.41) is 17.4. The summed E-state index contributed by atoms with van der Waals surface area (Å²) < 4.78 is 43.7. The number of carbonyl (C=O) groups is 1. The van der Waals surface area contributed by atoms with E-state index in [0.29, 0.717) is 12.5 Å². The van der Waals surface area contributed by atoms with E-state index in [4.69, 9.17) is 19.4 Å². The number of anilines is 1. The van der Waals surface area contributed by atoms with Crippen LogP contribution in [-0.2, 0) is 9.53 Å². The zero-order valence-corrected chi connectivity index (χ0v) is 16.1. The maximum atomic E-state index is 10.6. The number of hydrogen-bond acceptors (Lipinski definition) is 9. The summed E-state index contributed by atoms with van der Waals surface area (Å²) in [6.45, 7) is 4.39. The molecule has 4 heterocycles. The smallest absolute Gasteiger partial charge is 0.475 e. The number of aromatic nitrogens is 4. The fraction of sp³-hybridized carbons (Fsp3) is 0.562. The highest BCUT2D eigenvalue weighted by Gasteiger charge is 2.49. The minimum absolute atomic E-state index is 0.120. The summed E-state index contributed by atoms with van der Waals surface area (Å²) in [6, 6.07) is 0. The Bertz CT molecular complexity index is 829. The Morgan fingerprint density at radius 3 is 2.66 bits per heavy atom. The number of hydrogen-bond donors (Lipinski definition) is 1. The third kappa shape index (κ3) is 5.50. The number of aryl methyl sites for hydroxylation is 1. The molecule has 0 aromatic carbocycles. The molecule has 4 rings (SSSR count). The zero-order valence-electron chi connectivity index (χ0n) is 15.3. The molecule has 1 atom stereocenters. The standard InChI is InChI=1S/C14H17N5O2S.C2HF3O2/c1-10-17-18-13(22-10)19-8-14(9-19)6-11(2-5-20-14)21-12-7-15-3-4-16-12;3-2(4,5)1(6)7/h3-4,7,11H,2,5-6,8-9H2,1H3;(H,6,7). The molecule has 2 aliphatic rings. The summed E-state index contributed by atoms with van der Waals surface area (Å²) in [4.78, 5) is 19.3. The molecule has 2 saturated heterocycles. The first-order valence-corrected chi connectivity index (χ1v) is 9.40. The van der Waals surface area contributed by atoms with Gasteiger partial charge >= 0.3 is 12.1 Å². The predicted molar refractivity (Wildman–Crippen MR) is 94.9 cm³/mol. The maximum Gasteiger partial charge on any atom is 0.490 e. The molecule has 9 nitrogen and oxygen atoms in total. The lowest BCUT2D eigenvalue weighted by molar-refractivity contribution is -0.192. The van der Waals surface area contributed by atoms with Crippen molar-refractivity contribution < 1.29 is 32.5 Å². The number of ether oxygens (including phenoxy) is 2. The first-order valence-electron chi connectivity index (χ1n) is 8.59. The van der Waals surface area contributed by atoms with E-state index in [-0.39, 0.29) is 11.7 Å². The minimum atomic E-state index is -5.08. The van der Waals surface area contributed by atoms with Crippen LogP contribution in [0, 0.1) is 6.92 Å². The van der Waals surface area contributed by atoms with Crippen LogP contribution in [0.5, 0.6) is 5.88 Å². The molecule has 0 saturated carbocycles. The Morgan fingerprint density at radius 1 is 1.38 bits per heavy atom. The van der Waals surface area contributed by atoms with Crippen molar-refractivity contribution in [3.05, 3.63) is 23.6 Å². The molecule has 0 bridgehead atoms. The largest absolute Gasteiger partial charge is 0.490 e. The van der Waals surface area contributed by atoms with Gasteiger partial charge in [0, 0.05) is 25.2 Å². The third-order valence-electron chi connectivity index (χ3n) is 4.26. The van der Waals surface area contributed by atoms with Gasteiger partial charge in [0.1, 0.15) is 16.7 Å². The van der Waals surface area contributed by atoms with Crippen molar-refractivity contribution in [2.75, 3.05) is 24.6 Å². The van der Waals surface area contributed by atoms with Crippen LogP contribution in [0.3, 0.4) is 0 Å². The summed E-state index contributed by atoms with van der Waals surface area (Å²) in [6.07, 6.45) is 1.75. The number of carboxylic acids is 1. The quantitative estimate of drug-likeness (QED) is 0.778. The molecule has 0 radical (unpaired) electrons. The molecule has 1 unspecified atom stereocenters. The van der Waals surface area contributed by atoms with Crippen molar-refractivity contribution in [1.29, 1.82) is 0 Å². The molecule has 158 valence electrons. The Balaban J connectivity index is 0.000000298. The summed E-state index contributed by atoms with van der Waals surface area (Å²) >= 11 is 1.62. The van der Waals surface area contributed by atoms with Crippen LogP contribution in [0.4, 0.5) is 18.3 Å². The molecule has 0 aliphatic carbocycles. The summed E-state index contributed by atoms with van der Waals surface area (Å²) in [5.74, 6) is -2.17. The van der Waals surface area contributed by atoms with Gasteiger partial charge in [-0.2, -0.15) is 13.2 Å². The molecule has 2 aliphatic heterocycles. The van der Waals surface area contributed by atoms with Gasteiger partial charge in [0.05, 0.1) is 25.9 Å². The van der Waals surface area contributed by atoms with Crippen LogP contribution in [0.1, 0.15) is 17.8 Å². The van der Waals surface area contributed by atoms with Gasteiger partial charge in [-0.15, -0.1) is 10.2 Å². The molecule has 2 aromatic heterocycles. The second-order valence-corrected chi connectivity index (χ2v) is 7.73. The SMILES string of the molecule is Cc1nnc(N2CC3(CC(Oc4cnccn4)CCO3)C2)s1.O=C(O)C(F)(F)F. The Labute approximate surface area is 167 Å². The van der Waals surface area contributed by atoms with Crippen LogP contribution < -0.4 is 9.64 Å². The number of alkyl halides is 3. The second-order valence-electron chi connectivity index (χ2n) is 6.57. The van der Waals surface area contributed by atoms with Crippen LogP contribution in [0.25, 0.3) is 0 Å². The van der Waals surface area contributed by atoms with Crippen molar-refractivity contribution >= 4 is 22.4 Å². The van der Waals surface area contributed by atoms with Crippen molar-refractivity contribution in [3.63, 3.8) is 0 Å². The lowest BCUT2D eigenvalue weighted by Crippen LogP contribution is -2.66. The Hall–Kier alpha value is -2.54. The van der Waals surface area contributed by atoms with Crippen LogP contribution in [-0.4, -0.2) is 68.8 Å². The summed E-state index contributed by atoms with van der Waals surface area (Å²) in [7, 11) is 0. The first-order chi connectivity index (χ1) is 13.7. The maximum absolute atomic E-state index is 10.6. The molecule has 13 heteroatoms. The fourth-order valence-corrected chi connectivity index (χ4v) is 3.71. The summed E-state index contributed by atoms with van der Waals surface area (Å²) in [5.41, 5.74) is -0.120. The Morgan fingerprint density at radius 2 is 2.10 bits per heavy atom. The van der Waals surface area contributed by atoms with Gasteiger partial charge in [-0.05, 0) is 6.92 Å². The number of aliphatic carboxylic acids is 1. The van der Waals surface area contributed by atoms with E-state index in [1.165, 1.54) is 0 Å². The normalized spacial score (nSPS) is 20.4. The molecule has 29 heavy (non-hydrogen) atoms. The van der Waals surface area contributed by atoms with Gasteiger partial charge < -0.3 is 19.5 Å². The molecule has 0 amide bonds. The van der Waals surface area contributed by atoms with Gasteiger partial charge in [0.25, 0.3) is 0 Å². The van der Waals surface area contributed by atoms with E-state index >= 15 is 0 Å². The van der Waals surface area contributed by atoms with Crippen LogP contribution in [0.15, 0.2) is 18.6 Å². The molecule has 2 aromatic rings. The number of halogens is 3. The van der Waals surface area contributed by atoms with Crippen molar-refractivity contribution in [2.45, 2.75) is 37.6 Å². The van der Waals surface area contributed by atoms with Gasteiger partial charge in [-0.25, -0.2) is 9.78 Å². The molecular weight excluding hydrogens is 415 g/mol. The van der Waals surface area contributed by atoms with Gasteiger partial charge in [0.2, 0.25) is 11.0 Å². The average Bonchev–Trinajstić information content (AvgIpc) is 3.06. The van der Waals surface area contributed by atoms with E-state index in [1.807, 2.05) is 6.92 Å². The van der Waals surface area contributed by atoms with E-state index < -0.39 is 12.1 Å². The monoisotopic (exact) mass is 433 g/mol. The van der Waals surface area contributed by atoms with Crippen LogP contribution >= 0.6 is 11.3 Å². The molecule has 1 spiro atoms. The average molecular weight is 433 g/mol. The number of nitrogens with zero attached hydrogens (tertiary/aromatic N) is 5. The Kier molecular flexibility index (Phi) is 6.17. The van der Waals surface area contributed by atoms with E-state index in [9.17, 15) is 13.2 Å². The van der Waals surface area contributed by atoms with E-state index in [0.717, 1.165) is 36.1 Å². The third-order valence-corrected chi connectivity index (χ3v) is 5.16. The zero-order chi connectivity index (χ0) is 21.1. The van der Waals surface area contributed by atoms with E-state index in [1.54, 1.807) is 29.9 Å². The van der Waals surface area contributed by atoms with Crippen LogP contribution in [0.2, 0.25) is 0 Å². The molecular formula is C16H18F3N5O4S. The fourth-order valence-electron chi connectivity index (χ4n) is 3.02.